The summed E-state index contributed by atoms with van der Waals surface area (Å²) < 4.78 is 22.8. The van der Waals surface area contributed by atoms with Crippen molar-refractivity contribution in [3.8, 4) is 28.7 Å². The fraction of sp³-hybridized carbons (Fsp3) is 0.194. The highest BCUT2D eigenvalue weighted by Gasteiger charge is 2.13. The Morgan fingerprint density at radius 3 is 2.14 bits per heavy atom. The van der Waals surface area contributed by atoms with E-state index in [1.165, 1.54) is 0 Å². The minimum Gasteiger partial charge on any atom is -0.487 e. The van der Waals surface area contributed by atoms with Crippen molar-refractivity contribution in [2.24, 2.45) is 5.16 Å². The molecule has 0 unspecified atom stereocenters. The van der Waals surface area contributed by atoms with Crippen molar-refractivity contribution >= 4 is 11.7 Å². The fourth-order valence-corrected chi connectivity index (χ4v) is 4.32. The number of carbonyl (C=O) groups excluding carboxylic acids is 1. The number of ether oxygens (including phenoxy) is 3. The first kappa shape index (κ1) is 30.1. The summed E-state index contributed by atoms with van der Waals surface area (Å²) in [5, 5.41) is 4.39. The van der Waals surface area contributed by atoms with Gasteiger partial charge in [-0.15, -0.1) is 0 Å². The van der Waals surface area contributed by atoms with Crippen LogP contribution in [0.1, 0.15) is 42.3 Å². The van der Waals surface area contributed by atoms with Crippen molar-refractivity contribution in [2.45, 2.75) is 39.9 Å². The smallest absolute Gasteiger partial charge is 0.306 e. The van der Waals surface area contributed by atoms with Gasteiger partial charge < -0.3 is 23.5 Å². The molecule has 44 heavy (non-hydrogen) atoms. The van der Waals surface area contributed by atoms with E-state index in [4.69, 9.17) is 23.5 Å². The summed E-state index contributed by atoms with van der Waals surface area (Å²) >= 11 is 0. The molecule has 0 amide bonds. The molecule has 0 radical (unpaired) electrons. The van der Waals surface area contributed by atoms with Gasteiger partial charge >= 0.3 is 5.97 Å². The Morgan fingerprint density at radius 2 is 1.43 bits per heavy atom. The van der Waals surface area contributed by atoms with Crippen LogP contribution in [0.4, 0.5) is 0 Å². The van der Waals surface area contributed by atoms with Gasteiger partial charge in [0.25, 0.3) is 0 Å². The third-order valence-electron chi connectivity index (χ3n) is 6.66. The van der Waals surface area contributed by atoms with Crippen LogP contribution in [0.15, 0.2) is 119 Å². The highest BCUT2D eigenvalue weighted by Crippen LogP contribution is 2.24. The molecule has 0 aliphatic heterocycles. The van der Waals surface area contributed by atoms with Crippen LogP contribution in [0.25, 0.3) is 11.5 Å². The van der Waals surface area contributed by atoms with E-state index in [0.29, 0.717) is 42.7 Å². The molecule has 5 aromatic rings. The minimum atomic E-state index is -0.281. The predicted octanol–water partition coefficient (Wildman–Crippen LogP) is 8.29. The maximum Gasteiger partial charge on any atom is 0.306 e. The fourth-order valence-electron chi connectivity index (χ4n) is 4.32. The first-order valence-corrected chi connectivity index (χ1v) is 14.5. The van der Waals surface area contributed by atoms with Crippen molar-refractivity contribution in [1.29, 1.82) is 0 Å². The third kappa shape index (κ3) is 8.58. The molecule has 0 aliphatic rings. The van der Waals surface area contributed by atoms with Crippen LogP contribution in [-0.2, 0) is 27.6 Å². The van der Waals surface area contributed by atoms with Crippen LogP contribution in [-0.4, -0.2) is 23.3 Å². The van der Waals surface area contributed by atoms with Gasteiger partial charge in [0.2, 0.25) is 5.89 Å². The Hall–Kier alpha value is -5.37. The first-order valence-electron chi connectivity index (χ1n) is 14.5. The van der Waals surface area contributed by atoms with Gasteiger partial charge in [0.1, 0.15) is 41.9 Å². The summed E-state index contributed by atoms with van der Waals surface area (Å²) in [7, 11) is 0. The number of hydrogen-bond acceptors (Lipinski definition) is 8. The van der Waals surface area contributed by atoms with Gasteiger partial charge in [-0.1, -0.05) is 53.7 Å². The first-order chi connectivity index (χ1) is 21.6. The second-order valence-corrected chi connectivity index (χ2v) is 9.88. The summed E-state index contributed by atoms with van der Waals surface area (Å²) in [6, 6.07) is 34.5. The van der Waals surface area contributed by atoms with Crippen molar-refractivity contribution in [3.05, 3.63) is 132 Å². The highest BCUT2D eigenvalue weighted by molar-refractivity contribution is 6.01. The molecule has 0 saturated carbocycles. The molecule has 5 rings (SSSR count). The number of carbonyl (C=O) groups is 1. The molecule has 0 atom stereocenters. The molecule has 1 heterocycles. The van der Waals surface area contributed by atoms with E-state index >= 15 is 0 Å². The van der Waals surface area contributed by atoms with Crippen molar-refractivity contribution in [1.82, 2.24) is 4.98 Å². The molecular formula is C36H34N2O6. The number of oxime groups is 1. The zero-order chi connectivity index (χ0) is 30.6. The van der Waals surface area contributed by atoms with Crippen LogP contribution in [0.2, 0.25) is 0 Å². The number of aryl methyl sites for hydroxylation is 1. The van der Waals surface area contributed by atoms with Gasteiger partial charge in [0.15, 0.2) is 0 Å². The number of nitrogens with zero attached hydrogens (tertiary/aromatic N) is 2. The maximum atomic E-state index is 12.0. The number of rotatable bonds is 14. The monoisotopic (exact) mass is 590 g/mol. The van der Waals surface area contributed by atoms with Crippen molar-refractivity contribution < 1.29 is 28.3 Å². The predicted molar refractivity (Wildman–Crippen MR) is 168 cm³/mol. The van der Waals surface area contributed by atoms with Crippen molar-refractivity contribution in [2.75, 3.05) is 6.61 Å². The summed E-state index contributed by atoms with van der Waals surface area (Å²) in [6.45, 7) is 4.55. The molecule has 0 bridgehead atoms. The van der Waals surface area contributed by atoms with E-state index in [2.05, 4.69) is 10.1 Å². The summed E-state index contributed by atoms with van der Waals surface area (Å²) in [4.78, 5) is 22.4. The van der Waals surface area contributed by atoms with Crippen LogP contribution in [0.5, 0.6) is 17.2 Å². The van der Waals surface area contributed by atoms with Gasteiger partial charge in [0.05, 0.1) is 18.7 Å². The molecule has 8 heteroatoms. The molecule has 1 aromatic heterocycles. The lowest BCUT2D eigenvalue weighted by molar-refractivity contribution is -0.142. The van der Waals surface area contributed by atoms with Gasteiger partial charge in [-0.2, -0.15) is 0 Å². The normalized spacial score (nSPS) is 11.2. The number of benzene rings is 4. The maximum absolute atomic E-state index is 12.0. The Balaban J connectivity index is 1.18. The standard InChI is InChI=1S/C36H34N2O6/c1-3-40-35(39)23-22-33(28-16-20-32(21-17-28)44-31-12-8-5-9-13-31)38-42-24-27-14-18-30(19-15-27)41-25-34-26(2)43-36(37-34)29-10-6-4-7-11-29/h4-21H,3,22-25H2,1-2H3. The van der Waals surface area contributed by atoms with E-state index in [1.807, 2.05) is 116 Å². The quantitative estimate of drug-likeness (QED) is 0.0730. The van der Waals surface area contributed by atoms with Crippen molar-refractivity contribution in [3.63, 3.8) is 0 Å². The van der Waals surface area contributed by atoms with E-state index in [-0.39, 0.29) is 19.0 Å². The van der Waals surface area contributed by atoms with Gasteiger partial charge in [0, 0.05) is 12.0 Å². The van der Waals surface area contributed by atoms with Gasteiger partial charge in [-0.05, 0) is 85.6 Å². The topological polar surface area (TPSA) is 92.4 Å². The summed E-state index contributed by atoms with van der Waals surface area (Å²) in [5.41, 5.74) is 4.06. The van der Waals surface area contributed by atoms with E-state index < -0.39 is 0 Å². The lowest BCUT2D eigenvalue weighted by Crippen LogP contribution is -2.09. The molecule has 0 N–H and O–H groups in total. The average Bonchev–Trinajstić information content (AvgIpc) is 3.44. The Morgan fingerprint density at radius 1 is 0.773 bits per heavy atom. The van der Waals surface area contributed by atoms with Crippen LogP contribution < -0.4 is 9.47 Å². The average molecular weight is 591 g/mol. The van der Waals surface area contributed by atoms with Gasteiger partial charge in [-0.3, -0.25) is 4.79 Å². The number of esters is 1. The Labute approximate surface area is 256 Å². The lowest BCUT2D eigenvalue weighted by Gasteiger charge is -2.10. The molecule has 8 nitrogen and oxygen atoms in total. The number of hydrogen-bond donors (Lipinski definition) is 0. The highest BCUT2D eigenvalue weighted by atomic mass is 16.6. The second kappa shape index (κ2) is 15.2. The number of oxazole rings is 1. The molecule has 0 saturated heterocycles. The number of para-hydroxylation sites is 1. The molecule has 0 fully saturated rings. The largest absolute Gasteiger partial charge is 0.487 e. The zero-order valence-corrected chi connectivity index (χ0v) is 24.8. The Bertz CT molecular complexity index is 1650. The van der Waals surface area contributed by atoms with Crippen LogP contribution in [0, 0.1) is 6.92 Å². The Kier molecular flexibility index (Phi) is 10.4. The lowest BCUT2D eigenvalue weighted by atomic mass is 10.1. The zero-order valence-electron chi connectivity index (χ0n) is 24.8. The van der Waals surface area contributed by atoms with Crippen LogP contribution >= 0.6 is 0 Å². The van der Waals surface area contributed by atoms with E-state index in [1.54, 1.807) is 6.92 Å². The molecule has 0 spiro atoms. The summed E-state index contributed by atoms with van der Waals surface area (Å²) in [6.07, 6.45) is 0.570. The SMILES string of the molecule is CCOC(=O)CCC(=NOCc1ccc(OCc2nc(-c3ccccc3)oc2C)cc1)c1ccc(Oc2ccccc2)cc1. The molecule has 0 aliphatic carbocycles. The van der Waals surface area contributed by atoms with E-state index in [9.17, 15) is 4.79 Å². The molecule has 4 aromatic carbocycles. The third-order valence-corrected chi connectivity index (χ3v) is 6.66. The second-order valence-electron chi connectivity index (χ2n) is 9.88. The minimum absolute atomic E-state index is 0.197. The van der Waals surface area contributed by atoms with Gasteiger partial charge in [-0.25, -0.2) is 4.98 Å². The van der Waals surface area contributed by atoms with Crippen LogP contribution in [0.3, 0.4) is 0 Å². The summed E-state index contributed by atoms with van der Waals surface area (Å²) in [5.74, 6) is 3.17. The molecular weight excluding hydrogens is 556 g/mol. The van der Waals surface area contributed by atoms with E-state index in [0.717, 1.165) is 33.9 Å². The molecule has 224 valence electrons. The number of aromatic nitrogens is 1.